The third kappa shape index (κ3) is 4.41. The third-order valence-electron chi connectivity index (χ3n) is 4.31. The summed E-state index contributed by atoms with van der Waals surface area (Å²) in [6.07, 6.45) is 5.31. The minimum absolute atomic E-state index is 0.141. The van der Waals surface area contributed by atoms with Gasteiger partial charge in [-0.25, -0.2) is 8.42 Å². The summed E-state index contributed by atoms with van der Waals surface area (Å²) in [5.41, 5.74) is 0.467. The summed E-state index contributed by atoms with van der Waals surface area (Å²) < 4.78 is 30.9. The van der Waals surface area contributed by atoms with Gasteiger partial charge in [-0.2, -0.15) is 0 Å². The van der Waals surface area contributed by atoms with Crippen LogP contribution in [0.3, 0.4) is 0 Å². The fraction of sp³-hybridized carbons (Fsp3) is 0.588. The lowest BCUT2D eigenvalue weighted by atomic mass is 10.2. The molecule has 1 aromatic carbocycles. The number of methoxy groups -OCH3 is 1. The lowest BCUT2D eigenvalue weighted by molar-refractivity contribution is -0.131. The molecule has 2 rings (SSSR count). The van der Waals surface area contributed by atoms with Gasteiger partial charge >= 0.3 is 0 Å². The van der Waals surface area contributed by atoms with E-state index in [2.05, 4.69) is 0 Å². The van der Waals surface area contributed by atoms with E-state index in [9.17, 15) is 13.2 Å². The van der Waals surface area contributed by atoms with Crippen LogP contribution in [0.4, 0.5) is 5.69 Å². The van der Waals surface area contributed by atoms with Crippen molar-refractivity contribution in [1.82, 2.24) is 4.90 Å². The van der Waals surface area contributed by atoms with Crippen LogP contribution in [0.1, 0.15) is 32.6 Å². The Balaban J connectivity index is 2.27. The van der Waals surface area contributed by atoms with E-state index in [0.29, 0.717) is 24.5 Å². The van der Waals surface area contributed by atoms with Crippen molar-refractivity contribution in [2.75, 3.05) is 30.8 Å². The minimum Gasteiger partial charge on any atom is -0.497 e. The van der Waals surface area contributed by atoms with E-state index in [1.807, 2.05) is 0 Å². The van der Waals surface area contributed by atoms with Crippen molar-refractivity contribution in [3.05, 3.63) is 24.3 Å². The highest BCUT2D eigenvalue weighted by Gasteiger charge is 2.32. The lowest BCUT2D eigenvalue weighted by Gasteiger charge is -2.32. The van der Waals surface area contributed by atoms with Gasteiger partial charge in [-0.3, -0.25) is 9.10 Å². The first-order chi connectivity index (χ1) is 11.3. The van der Waals surface area contributed by atoms with Crippen LogP contribution < -0.4 is 9.04 Å². The molecule has 1 amide bonds. The highest BCUT2D eigenvalue weighted by molar-refractivity contribution is 7.92. The number of nitrogens with zero attached hydrogens (tertiary/aromatic N) is 2. The Morgan fingerprint density at radius 1 is 1.12 bits per heavy atom. The SMILES string of the molecule is COc1ccc(N(C(C)C(=O)N2CCCCCC2)S(C)(=O)=O)cc1. The molecule has 1 aromatic rings. The molecule has 0 bridgehead atoms. The fourth-order valence-electron chi connectivity index (χ4n) is 3.09. The molecule has 1 saturated heterocycles. The maximum Gasteiger partial charge on any atom is 0.246 e. The molecule has 1 aliphatic rings. The van der Waals surface area contributed by atoms with Crippen LogP contribution in [0.25, 0.3) is 0 Å². The van der Waals surface area contributed by atoms with Crippen molar-refractivity contribution >= 4 is 21.6 Å². The summed E-state index contributed by atoms with van der Waals surface area (Å²) in [5, 5.41) is 0. The molecule has 1 atom stereocenters. The molecule has 134 valence electrons. The number of hydrogen-bond donors (Lipinski definition) is 0. The second kappa shape index (κ2) is 7.88. The zero-order chi connectivity index (χ0) is 17.7. The topological polar surface area (TPSA) is 66.9 Å². The Morgan fingerprint density at radius 2 is 1.67 bits per heavy atom. The molecular formula is C17H26N2O4S. The first kappa shape index (κ1) is 18.6. The summed E-state index contributed by atoms with van der Waals surface area (Å²) in [6, 6.07) is 5.93. The van der Waals surface area contributed by atoms with Crippen LogP contribution in [0.5, 0.6) is 5.75 Å². The maximum absolute atomic E-state index is 12.8. The first-order valence-electron chi connectivity index (χ1n) is 8.27. The molecule has 6 nitrogen and oxygen atoms in total. The Hall–Kier alpha value is -1.76. The molecule has 0 aliphatic carbocycles. The molecule has 0 aromatic heterocycles. The van der Waals surface area contributed by atoms with Gasteiger partial charge in [0.15, 0.2) is 0 Å². The molecule has 0 spiro atoms. The summed E-state index contributed by atoms with van der Waals surface area (Å²) in [5.74, 6) is 0.497. The molecule has 1 aliphatic heterocycles. The second-order valence-corrected chi connectivity index (χ2v) is 8.03. The normalized spacial score (nSPS) is 17.0. The number of sulfonamides is 1. The largest absolute Gasteiger partial charge is 0.497 e. The summed E-state index contributed by atoms with van der Waals surface area (Å²) in [6.45, 7) is 3.05. The van der Waals surface area contributed by atoms with Gasteiger partial charge in [-0.05, 0) is 44.0 Å². The Labute approximate surface area is 144 Å². The molecule has 24 heavy (non-hydrogen) atoms. The van der Waals surface area contributed by atoms with Crippen LogP contribution in [0.15, 0.2) is 24.3 Å². The molecule has 0 N–H and O–H groups in total. The average Bonchev–Trinajstić information content (AvgIpc) is 2.83. The van der Waals surface area contributed by atoms with E-state index in [-0.39, 0.29) is 5.91 Å². The highest BCUT2D eigenvalue weighted by atomic mass is 32.2. The first-order valence-corrected chi connectivity index (χ1v) is 10.1. The number of rotatable bonds is 5. The van der Waals surface area contributed by atoms with Crippen LogP contribution >= 0.6 is 0 Å². The summed E-state index contributed by atoms with van der Waals surface area (Å²) in [4.78, 5) is 14.6. The molecule has 1 heterocycles. The maximum atomic E-state index is 12.8. The van der Waals surface area contributed by atoms with Gasteiger partial charge in [0.1, 0.15) is 11.8 Å². The van der Waals surface area contributed by atoms with Gasteiger partial charge in [0, 0.05) is 13.1 Å². The Kier molecular flexibility index (Phi) is 6.10. The molecule has 0 radical (unpaired) electrons. The van der Waals surface area contributed by atoms with Gasteiger partial charge in [-0.1, -0.05) is 12.8 Å². The Morgan fingerprint density at radius 3 is 2.12 bits per heavy atom. The molecule has 1 unspecified atom stereocenters. The van der Waals surface area contributed by atoms with Crippen molar-refractivity contribution in [1.29, 1.82) is 0 Å². The van der Waals surface area contributed by atoms with E-state index < -0.39 is 16.1 Å². The number of carbonyl (C=O) groups is 1. The van der Waals surface area contributed by atoms with E-state index in [1.165, 1.54) is 4.31 Å². The molecule has 0 saturated carbocycles. The van der Waals surface area contributed by atoms with Gasteiger partial charge < -0.3 is 9.64 Å². The zero-order valence-electron chi connectivity index (χ0n) is 14.6. The smallest absolute Gasteiger partial charge is 0.246 e. The van der Waals surface area contributed by atoms with Crippen molar-refractivity contribution in [3.8, 4) is 5.75 Å². The van der Waals surface area contributed by atoms with Crippen molar-refractivity contribution in [2.45, 2.75) is 38.6 Å². The monoisotopic (exact) mass is 354 g/mol. The number of hydrogen-bond acceptors (Lipinski definition) is 4. The summed E-state index contributed by atoms with van der Waals surface area (Å²) >= 11 is 0. The zero-order valence-corrected chi connectivity index (χ0v) is 15.4. The van der Waals surface area contributed by atoms with Crippen molar-refractivity contribution in [3.63, 3.8) is 0 Å². The molecular weight excluding hydrogens is 328 g/mol. The fourth-order valence-corrected chi connectivity index (χ4v) is 4.26. The summed E-state index contributed by atoms with van der Waals surface area (Å²) in [7, 11) is -2.03. The van der Waals surface area contributed by atoms with Crippen LogP contribution in [-0.4, -0.2) is 51.7 Å². The predicted molar refractivity (Wildman–Crippen MR) is 94.8 cm³/mol. The van der Waals surface area contributed by atoms with E-state index in [4.69, 9.17) is 4.74 Å². The van der Waals surface area contributed by atoms with Crippen LogP contribution in [0.2, 0.25) is 0 Å². The van der Waals surface area contributed by atoms with Crippen LogP contribution in [-0.2, 0) is 14.8 Å². The number of benzene rings is 1. The van der Waals surface area contributed by atoms with E-state index in [1.54, 1.807) is 43.2 Å². The minimum atomic E-state index is -3.58. The molecule has 7 heteroatoms. The van der Waals surface area contributed by atoms with E-state index >= 15 is 0 Å². The van der Waals surface area contributed by atoms with Gasteiger partial charge in [-0.15, -0.1) is 0 Å². The number of amides is 1. The lowest BCUT2D eigenvalue weighted by Crippen LogP contribution is -2.49. The van der Waals surface area contributed by atoms with Gasteiger partial charge in [0.05, 0.1) is 19.1 Å². The number of ether oxygens (including phenoxy) is 1. The predicted octanol–water partition coefficient (Wildman–Crippen LogP) is 2.25. The second-order valence-electron chi connectivity index (χ2n) is 6.17. The average molecular weight is 354 g/mol. The third-order valence-corrected chi connectivity index (χ3v) is 5.55. The van der Waals surface area contributed by atoms with Gasteiger partial charge in [0.2, 0.25) is 15.9 Å². The number of anilines is 1. The molecule has 1 fully saturated rings. The van der Waals surface area contributed by atoms with E-state index in [0.717, 1.165) is 31.9 Å². The number of likely N-dealkylation sites (tertiary alicyclic amines) is 1. The van der Waals surface area contributed by atoms with Crippen molar-refractivity contribution in [2.24, 2.45) is 0 Å². The Bertz CT molecular complexity index is 650. The van der Waals surface area contributed by atoms with Crippen LogP contribution in [0, 0.1) is 0 Å². The van der Waals surface area contributed by atoms with Gasteiger partial charge in [0.25, 0.3) is 0 Å². The standard InChI is InChI=1S/C17H26N2O4S/c1-14(17(20)18-12-6-4-5-7-13-18)19(24(3,21)22)15-8-10-16(23-2)11-9-15/h8-11,14H,4-7,12-13H2,1-3H3. The quantitative estimate of drug-likeness (QED) is 0.813. The highest BCUT2D eigenvalue weighted by Crippen LogP contribution is 2.25. The van der Waals surface area contributed by atoms with Crippen molar-refractivity contribution < 1.29 is 17.9 Å². The number of carbonyl (C=O) groups excluding carboxylic acids is 1.